The Hall–Kier alpha value is -4.96. The third-order valence-electron chi connectivity index (χ3n) is 7.41. The maximum absolute atomic E-state index is 13.2. The van der Waals surface area contributed by atoms with Crippen LogP contribution in [0.5, 0.6) is 5.75 Å². The van der Waals surface area contributed by atoms with E-state index < -0.39 is 52.9 Å². The Kier molecular flexibility index (Phi) is 21.9. The molecule has 0 saturated carbocycles. The van der Waals surface area contributed by atoms with Crippen LogP contribution in [0.4, 0.5) is 24.0 Å². The minimum Gasteiger partial charge on any atom is -0.497 e. The number of nitrogens with one attached hydrogen (secondary N) is 3. The van der Waals surface area contributed by atoms with Crippen molar-refractivity contribution in [3.05, 3.63) is 29.8 Å². The molecule has 0 heterocycles. The van der Waals surface area contributed by atoms with Gasteiger partial charge in [0, 0.05) is 39.3 Å². The molecule has 0 spiro atoms. The summed E-state index contributed by atoms with van der Waals surface area (Å²) in [5.74, 6) is 0.600. The Morgan fingerprint density at radius 3 is 1.37 bits per heavy atom. The lowest BCUT2D eigenvalue weighted by molar-refractivity contribution is 0.0207. The highest BCUT2D eigenvalue weighted by Crippen LogP contribution is 2.15. The first-order chi connectivity index (χ1) is 27.2. The van der Waals surface area contributed by atoms with Crippen molar-refractivity contribution in [2.24, 2.45) is 4.99 Å². The van der Waals surface area contributed by atoms with Crippen LogP contribution in [-0.2, 0) is 30.3 Å². The van der Waals surface area contributed by atoms with Crippen LogP contribution in [0.25, 0.3) is 0 Å². The molecule has 0 radical (unpaired) electrons. The van der Waals surface area contributed by atoms with Gasteiger partial charge in [0.05, 0.1) is 7.11 Å². The molecular formula is C42H72N6O11. The van der Waals surface area contributed by atoms with Crippen molar-refractivity contribution in [2.45, 2.75) is 151 Å². The number of carbonyl (C=O) groups is 5. The van der Waals surface area contributed by atoms with E-state index >= 15 is 0 Å². The van der Waals surface area contributed by atoms with Crippen molar-refractivity contribution in [1.82, 2.24) is 25.8 Å². The molecule has 3 N–H and O–H groups in total. The van der Waals surface area contributed by atoms with Gasteiger partial charge in [-0.3, -0.25) is 15.6 Å². The molecule has 1 aromatic rings. The molecule has 0 fully saturated rings. The monoisotopic (exact) mass is 837 g/mol. The summed E-state index contributed by atoms with van der Waals surface area (Å²) in [5.41, 5.74) is -2.08. The summed E-state index contributed by atoms with van der Waals surface area (Å²) in [6.45, 7) is 23.4. The lowest BCUT2D eigenvalue weighted by Gasteiger charge is -2.29. The standard InChI is InChI=1S/C42H72N6O11/c1-39(2,3)56-35(50)45-33(46-36(51)57-40(4,5)6)43-24-14-16-26-47(37(52)58-41(7,8)9)28-18-19-29-48(38(53)59-42(10,11)12)27-17-15-25-44-34(49)55-30-31-20-22-32(54-13)23-21-31/h20-23H,14-19,24-30H2,1-13H3,(H,44,49)(H2,43,45,46,50,51). The van der Waals surface area contributed by atoms with Crippen molar-refractivity contribution in [3.8, 4) is 5.75 Å². The average Bonchev–Trinajstić information content (AvgIpc) is 3.07. The van der Waals surface area contributed by atoms with Gasteiger partial charge >= 0.3 is 30.5 Å². The van der Waals surface area contributed by atoms with Gasteiger partial charge in [-0.2, -0.15) is 0 Å². The summed E-state index contributed by atoms with van der Waals surface area (Å²) in [4.78, 5) is 71.0. The Bertz CT molecular complexity index is 1460. The van der Waals surface area contributed by atoms with E-state index in [0.29, 0.717) is 71.2 Å². The van der Waals surface area contributed by atoms with Gasteiger partial charge in [-0.05, 0) is 139 Å². The van der Waals surface area contributed by atoms with E-state index in [4.69, 9.17) is 28.4 Å². The summed E-state index contributed by atoms with van der Waals surface area (Å²) < 4.78 is 32.4. The first-order valence-electron chi connectivity index (χ1n) is 20.3. The first kappa shape index (κ1) is 52.1. The van der Waals surface area contributed by atoms with Crippen LogP contribution < -0.4 is 20.7 Å². The van der Waals surface area contributed by atoms with Crippen LogP contribution in [0.2, 0.25) is 0 Å². The van der Waals surface area contributed by atoms with E-state index in [1.165, 1.54) is 0 Å². The van der Waals surface area contributed by atoms with Crippen molar-refractivity contribution >= 4 is 36.4 Å². The van der Waals surface area contributed by atoms with E-state index in [2.05, 4.69) is 20.9 Å². The quantitative estimate of drug-likeness (QED) is 0.0559. The van der Waals surface area contributed by atoms with Crippen LogP contribution in [0.15, 0.2) is 29.3 Å². The van der Waals surface area contributed by atoms with E-state index in [-0.39, 0.29) is 19.1 Å². The number of benzene rings is 1. The Morgan fingerprint density at radius 2 is 0.966 bits per heavy atom. The number of aliphatic imine (C=N–C) groups is 1. The molecule has 0 aliphatic rings. The van der Waals surface area contributed by atoms with E-state index in [0.717, 1.165) is 11.3 Å². The Morgan fingerprint density at radius 1 is 0.559 bits per heavy atom. The number of methoxy groups -OCH3 is 1. The molecule has 17 heteroatoms. The fraction of sp³-hybridized carbons (Fsp3) is 0.714. The minimum atomic E-state index is -0.787. The van der Waals surface area contributed by atoms with Crippen LogP contribution in [0.1, 0.15) is 127 Å². The highest BCUT2D eigenvalue weighted by molar-refractivity contribution is 6.01. The minimum absolute atomic E-state index is 0.119. The number of alkyl carbamates (subject to hydrolysis) is 3. The van der Waals surface area contributed by atoms with Crippen molar-refractivity contribution in [2.75, 3.05) is 46.4 Å². The summed E-state index contributed by atoms with van der Waals surface area (Å²) in [6, 6.07) is 7.25. The van der Waals surface area contributed by atoms with Gasteiger partial charge in [-0.25, -0.2) is 24.0 Å². The van der Waals surface area contributed by atoms with Crippen molar-refractivity contribution in [1.29, 1.82) is 0 Å². The molecule has 59 heavy (non-hydrogen) atoms. The molecule has 1 aromatic carbocycles. The van der Waals surface area contributed by atoms with Crippen LogP contribution in [-0.4, -0.2) is 115 Å². The summed E-state index contributed by atoms with van der Waals surface area (Å²) >= 11 is 0. The fourth-order valence-electron chi connectivity index (χ4n) is 4.90. The Labute approximate surface area is 351 Å². The number of nitrogens with zero attached hydrogens (tertiary/aromatic N) is 3. The topological polar surface area (TPSA) is 196 Å². The second-order valence-corrected chi connectivity index (χ2v) is 17.9. The van der Waals surface area contributed by atoms with E-state index in [9.17, 15) is 24.0 Å². The maximum atomic E-state index is 13.2. The van der Waals surface area contributed by atoms with Gasteiger partial charge < -0.3 is 43.5 Å². The molecule has 0 aliphatic carbocycles. The lowest BCUT2D eigenvalue weighted by atomic mass is 10.2. The zero-order chi connectivity index (χ0) is 44.9. The molecule has 17 nitrogen and oxygen atoms in total. The third-order valence-corrected chi connectivity index (χ3v) is 7.41. The number of guanidine groups is 1. The molecular weight excluding hydrogens is 764 g/mol. The maximum Gasteiger partial charge on any atom is 0.414 e. The van der Waals surface area contributed by atoms with Gasteiger partial charge in [0.15, 0.2) is 0 Å². The van der Waals surface area contributed by atoms with Gasteiger partial charge in [-0.15, -0.1) is 0 Å². The third kappa shape index (κ3) is 27.4. The average molecular weight is 837 g/mol. The molecule has 0 aromatic heterocycles. The molecule has 1 rings (SSSR count). The molecule has 0 atom stereocenters. The van der Waals surface area contributed by atoms with Crippen molar-refractivity contribution in [3.63, 3.8) is 0 Å². The number of amides is 5. The van der Waals surface area contributed by atoms with Gasteiger partial charge in [-0.1, -0.05) is 12.1 Å². The smallest absolute Gasteiger partial charge is 0.414 e. The van der Waals surface area contributed by atoms with Crippen LogP contribution in [0.3, 0.4) is 0 Å². The molecule has 0 aliphatic heterocycles. The number of unbranched alkanes of at least 4 members (excludes halogenated alkanes) is 3. The summed E-state index contributed by atoms with van der Waals surface area (Å²) in [7, 11) is 1.59. The summed E-state index contributed by atoms with van der Waals surface area (Å²) in [6.07, 6.45) is 0.469. The zero-order valence-electron chi connectivity index (χ0n) is 37.8. The van der Waals surface area contributed by atoms with Gasteiger partial charge in [0.2, 0.25) is 5.96 Å². The normalized spacial score (nSPS) is 11.7. The van der Waals surface area contributed by atoms with Gasteiger partial charge in [0.25, 0.3) is 0 Å². The first-order valence-corrected chi connectivity index (χ1v) is 20.3. The SMILES string of the molecule is COc1ccc(COC(=O)NCCCCN(CCCCN(CCCCN=C(NC(=O)OC(C)(C)C)NC(=O)OC(C)(C)C)C(=O)OC(C)(C)C)C(=O)OC(C)(C)C)cc1. The second kappa shape index (κ2) is 24.8. The number of hydrogen-bond donors (Lipinski definition) is 3. The molecule has 0 unspecified atom stereocenters. The molecule has 336 valence electrons. The van der Waals surface area contributed by atoms with E-state index in [1.54, 1.807) is 91.4 Å². The fourth-order valence-corrected chi connectivity index (χ4v) is 4.90. The number of rotatable bonds is 18. The van der Waals surface area contributed by atoms with Crippen LogP contribution in [0, 0.1) is 0 Å². The highest BCUT2D eigenvalue weighted by atomic mass is 16.6. The number of hydrogen-bond acceptors (Lipinski definition) is 12. The Balaban J connectivity index is 2.78. The second-order valence-electron chi connectivity index (χ2n) is 17.9. The molecule has 0 bridgehead atoms. The highest BCUT2D eigenvalue weighted by Gasteiger charge is 2.25. The predicted molar refractivity (Wildman–Crippen MR) is 226 cm³/mol. The predicted octanol–water partition coefficient (Wildman–Crippen LogP) is 8.14. The lowest BCUT2D eigenvalue weighted by Crippen LogP contribution is -2.47. The van der Waals surface area contributed by atoms with Crippen LogP contribution >= 0.6 is 0 Å². The molecule has 5 amide bonds. The summed E-state index contributed by atoms with van der Waals surface area (Å²) in [5, 5.41) is 7.68. The number of carbonyl (C=O) groups excluding carboxylic acids is 5. The zero-order valence-corrected chi connectivity index (χ0v) is 37.8. The largest absolute Gasteiger partial charge is 0.497 e. The van der Waals surface area contributed by atoms with E-state index in [1.807, 2.05) is 32.9 Å². The van der Waals surface area contributed by atoms with Crippen molar-refractivity contribution < 1.29 is 52.4 Å². The number of ether oxygens (including phenoxy) is 6. The van der Waals surface area contributed by atoms with Gasteiger partial charge in [0.1, 0.15) is 34.8 Å². The molecule has 0 saturated heterocycles.